The molecule has 0 saturated carbocycles. The first kappa shape index (κ1) is 21.7. The van der Waals surface area contributed by atoms with Crippen LogP contribution in [-0.4, -0.2) is 28.2 Å². The summed E-state index contributed by atoms with van der Waals surface area (Å²) in [7, 11) is 0. The van der Waals surface area contributed by atoms with Crippen molar-refractivity contribution in [1.82, 2.24) is 4.90 Å². The average molecular weight is 382 g/mol. The predicted molar refractivity (Wildman–Crippen MR) is 113 cm³/mol. The summed E-state index contributed by atoms with van der Waals surface area (Å²) in [5.41, 5.74) is 1.93. The zero-order valence-electron chi connectivity index (χ0n) is 16.8. The van der Waals surface area contributed by atoms with E-state index in [-0.39, 0.29) is 12.6 Å². The minimum absolute atomic E-state index is 0.205. The molecule has 0 spiro atoms. The van der Waals surface area contributed by atoms with Crippen LogP contribution in [0.3, 0.4) is 0 Å². The monoisotopic (exact) mass is 381 g/mol. The Labute approximate surface area is 168 Å². The molecule has 28 heavy (non-hydrogen) atoms. The van der Waals surface area contributed by atoms with Crippen LogP contribution < -0.4 is 0 Å². The maximum Gasteiger partial charge on any atom is 0.410 e. The molecule has 2 aromatic carbocycles. The average Bonchev–Trinajstić information content (AvgIpc) is 2.70. The number of hydrogen-bond donors (Lipinski definition) is 1. The number of rotatable bonds is 10. The highest BCUT2D eigenvalue weighted by atomic mass is 16.6. The maximum absolute atomic E-state index is 13.0. The highest BCUT2D eigenvalue weighted by Crippen LogP contribution is 2.22. The quantitative estimate of drug-likeness (QED) is 0.577. The molecule has 4 heteroatoms. The first-order chi connectivity index (χ1) is 13.5. The van der Waals surface area contributed by atoms with Crippen molar-refractivity contribution in [1.29, 1.82) is 0 Å². The second-order valence-corrected chi connectivity index (χ2v) is 7.44. The third-order valence-electron chi connectivity index (χ3n) is 4.60. The molecule has 150 valence electrons. The summed E-state index contributed by atoms with van der Waals surface area (Å²) in [6, 6.07) is 19.0. The van der Waals surface area contributed by atoms with Crippen molar-refractivity contribution in [2.75, 3.05) is 0 Å². The Morgan fingerprint density at radius 2 is 1.64 bits per heavy atom. The van der Waals surface area contributed by atoms with Crippen molar-refractivity contribution in [3.8, 4) is 0 Å². The van der Waals surface area contributed by atoms with Crippen molar-refractivity contribution in [3.05, 3.63) is 84.4 Å². The van der Waals surface area contributed by atoms with Crippen LogP contribution in [0.4, 0.5) is 4.79 Å². The number of ether oxygens (including phenoxy) is 1. The summed E-state index contributed by atoms with van der Waals surface area (Å²) in [5, 5.41) is 10.7. The van der Waals surface area contributed by atoms with E-state index in [0.29, 0.717) is 25.3 Å². The van der Waals surface area contributed by atoms with Gasteiger partial charge in [-0.1, -0.05) is 80.6 Å². The Bertz CT molecular complexity index is 715. The lowest BCUT2D eigenvalue weighted by atomic mass is 9.95. The summed E-state index contributed by atoms with van der Waals surface area (Å²) >= 11 is 0. The third kappa shape index (κ3) is 6.86. The number of hydrogen-bond acceptors (Lipinski definition) is 3. The number of carbonyl (C=O) groups is 1. The van der Waals surface area contributed by atoms with E-state index in [0.717, 1.165) is 11.1 Å². The lowest BCUT2D eigenvalue weighted by Gasteiger charge is -2.35. The smallest absolute Gasteiger partial charge is 0.410 e. The fourth-order valence-corrected chi connectivity index (χ4v) is 3.20. The molecule has 0 bridgehead atoms. The van der Waals surface area contributed by atoms with E-state index < -0.39 is 12.2 Å². The van der Waals surface area contributed by atoms with Gasteiger partial charge in [-0.15, -0.1) is 6.58 Å². The van der Waals surface area contributed by atoms with Crippen LogP contribution in [0, 0.1) is 5.92 Å². The van der Waals surface area contributed by atoms with Crippen molar-refractivity contribution < 1.29 is 14.6 Å². The Morgan fingerprint density at radius 1 is 1.07 bits per heavy atom. The Hall–Kier alpha value is -2.59. The van der Waals surface area contributed by atoms with Crippen molar-refractivity contribution in [2.45, 2.75) is 52.0 Å². The van der Waals surface area contributed by atoms with E-state index in [2.05, 4.69) is 20.4 Å². The van der Waals surface area contributed by atoms with Gasteiger partial charge >= 0.3 is 6.09 Å². The van der Waals surface area contributed by atoms with Crippen LogP contribution >= 0.6 is 0 Å². The lowest BCUT2D eigenvalue weighted by Crippen LogP contribution is -2.47. The third-order valence-corrected chi connectivity index (χ3v) is 4.60. The normalized spacial score (nSPS) is 13.0. The largest absolute Gasteiger partial charge is 0.445 e. The van der Waals surface area contributed by atoms with E-state index in [1.807, 2.05) is 60.7 Å². The molecule has 0 heterocycles. The van der Waals surface area contributed by atoms with Crippen molar-refractivity contribution in [3.63, 3.8) is 0 Å². The molecule has 0 aromatic heterocycles. The number of nitrogens with zero attached hydrogens (tertiary/aromatic N) is 1. The zero-order valence-corrected chi connectivity index (χ0v) is 16.8. The van der Waals surface area contributed by atoms with Gasteiger partial charge in [-0.2, -0.15) is 0 Å². The first-order valence-corrected chi connectivity index (χ1v) is 9.81. The second kappa shape index (κ2) is 11.3. The molecule has 0 fully saturated rings. The number of carbonyl (C=O) groups excluding carboxylic acids is 1. The zero-order chi connectivity index (χ0) is 20.4. The SMILES string of the molecule is C=CC[C@H](O)[C@H](CC(C)C)N(Cc1ccccc1)C(=O)OCc1ccccc1. The molecule has 0 unspecified atom stereocenters. The molecule has 2 aromatic rings. The summed E-state index contributed by atoms with van der Waals surface area (Å²) in [6.07, 6.45) is 1.69. The van der Waals surface area contributed by atoms with Crippen LogP contribution in [0.15, 0.2) is 73.3 Å². The van der Waals surface area contributed by atoms with Gasteiger partial charge in [0.1, 0.15) is 6.61 Å². The summed E-state index contributed by atoms with van der Waals surface area (Å²) in [5.74, 6) is 0.324. The number of benzene rings is 2. The van der Waals surface area contributed by atoms with Crippen LogP contribution in [-0.2, 0) is 17.9 Å². The van der Waals surface area contributed by atoms with Crippen LogP contribution in [0.2, 0.25) is 0 Å². The lowest BCUT2D eigenvalue weighted by molar-refractivity contribution is 0.0203. The van der Waals surface area contributed by atoms with E-state index >= 15 is 0 Å². The molecule has 0 aliphatic rings. The van der Waals surface area contributed by atoms with Crippen LogP contribution in [0.25, 0.3) is 0 Å². The minimum Gasteiger partial charge on any atom is -0.445 e. The molecular formula is C24H31NO3. The van der Waals surface area contributed by atoms with Crippen LogP contribution in [0.1, 0.15) is 37.8 Å². The minimum atomic E-state index is -0.687. The molecule has 4 nitrogen and oxygen atoms in total. The summed E-state index contributed by atoms with van der Waals surface area (Å²) < 4.78 is 5.60. The topological polar surface area (TPSA) is 49.8 Å². The van der Waals surface area contributed by atoms with Gasteiger partial charge in [0, 0.05) is 6.54 Å². The number of aliphatic hydroxyl groups is 1. The molecular weight excluding hydrogens is 350 g/mol. The molecule has 0 aliphatic carbocycles. The van der Waals surface area contributed by atoms with E-state index in [9.17, 15) is 9.90 Å². The van der Waals surface area contributed by atoms with Gasteiger partial charge in [0.25, 0.3) is 0 Å². The van der Waals surface area contributed by atoms with Gasteiger partial charge in [-0.3, -0.25) is 4.90 Å². The highest BCUT2D eigenvalue weighted by molar-refractivity contribution is 5.68. The number of aliphatic hydroxyl groups excluding tert-OH is 1. The summed E-state index contributed by atoms with van der Waals surface area (Å²) in [6.45, 7) is 8.50. The van der Waals surface area contributed by atoms with Gasteiger partial charge in [0.15, 0.2) is 0 Å². The van der Waals surface area contributed by atoms with Crippen LogP contribution in [0.5, 0.6) is 0 Å². The predicted octanol–water partition coefficient (Wildman–Crippen LogP) is 5.18. The maximum atomic E-state index is 13.0. The first-order valence-electron chi connectivity index (χ1n) is 9.81. The molecule has 0 saturated heterocycles. The molecule has 0 aliphatic heterocycles. The van der Waals surface area contributed by atoms with Crippen molar-refractivity contribution in [2.24, 2.45) is 5.92 Å². The van der Waals surface area contributed by atoms with E-state index in [1.54, 1.807) is 11.0 Å². The Morgan fingerprint density at radius 3 is 2.18 bits per heavy atom. The fraction of sp³-hybridized carbons (Fsp3) is 0.375. The molecule has 1 N–H and O–H groups in total. The van der Waals surface area contributed by atoms with Gasteiger partial charge in [0.05, 0.1) is 12.1 Å². The van der Waals surface area contributed by atoms with Crippen molar-refractivity contribution >= 4 is 6.09 Å². The standard InChI is InChI=1S/C24H31NO3/c1-4-11-23(26)22(16-19(2)3)25(17-20-12-7-5-8-13-20)24(27)28-18-21-14-9-6-10-15-21/h4-10,12-15,19,22-23,26H,1,11,16-18H2,2-3H3/t22-,23-/m0/s1. The van der Waals surface area contributed by atoms with Gasteiger partial charge in [-0.25, -0.2) is 4.79 Å². The molecule has 2 rings (SSSR count). The van der Waals surface area contributed by atoms with E-state index in [1.165, 1.54) is 0 Å². The van der Waals surface area contributed by atoms with E-state index in [4.69, 9.17) is 4.74 Å². The van der Waals surface area contributed by atoms with Gasteiger partial charge in [-0.05, 0) is 29.9 Å². The summed E-state index contributed by atoms with van der Waals surface area (Å²) in [4.78, 5) is 14.7. The van der Waals surface area contributed by atoms with Gasteiger partial charge in [0.2, 0.25) is 0 Å². The fourth-order valence-electron chi connectivity index (χ4n) is 3.20. The Balaban J connectivity index is 2.22. The second-order valence-electron chi connectivity index (χ2n) is 7.44. The Kier molecular flexibility index (Phi) is 8.76. The van der Waals surface area contributed by atoms with Gasteiger partial charge < -0.3 is 9.84 Å². The molecule has 0 radical (unpaired) electrons. The highest BCUT2D eigenvalue weighted by Gasteiger charge is 2.31. The molecule has 2 atom stereocenters. The molecule has 1 amide bonds. The number of amides is 1.